The Labute approximate surface area is 115 Å². The fraction of sp³-hybridized carbons (Fsp3) is 0.462. The molecule has 0 saturated heterocycles. The molecule has 2 rings (SSSR count). The van der Waals surface area contributed by atoms with E-state index in [-0.39, 0.29) is 12.5 Å². The summed E-state index contributed by atoms with van der Waals surface area (Å²) in [6.07, 6.45) is 2.45. The summed E-state index contributed by atoms with van der Waals surface area (Å²) >= 11 is 3.37. The highest BCUT2D eigenvalue weighted by Gasteiger charge is 2.21. The first-order valence-electron chi connectivity index (χ1n) is 5.92. The standard InChI is InChI=1S/C13H16BrNO3/c1-17-10-4-5-11(14)12(6-10)18-8-13(16)15-7-9-2-3-9/h4-6,9H,2-3,7-8H2,1H3,(H,15,16). The van der Waals surface area contributed by atoms with E-state index in [1.54, 1.807) is 13.2 Å². The number of rotatable bonds is 6. The van der Waals surface area contributed by atoms with Crippen LogP contribution in [-0.4, -0.2) is 26.2 Å². The molecular formula is C13H16BrNO3. The minimum Gasteiger partial charge on any atom is -0.497 e. The number of carbonyl (C=O) groups is 1. The molecule has 1 amide bonds. The fourth-order valence-corrected chi connectivity index (χ4v) is 1.86. The molecule has 18 heavy (non-hydrogen) atoms. The first-order chi connectivity index (χ1) is 8.69. The molecule has 1 saturated carbocycles. The van der Waals surface area contributed by atoms with Crippen LogP contribution in [0.5, 0.6) is 11.5 Å². The Morgan fingerprint density at radius 3 is 2.94 bits per heavy atom. The number of hydrogen-bond donors (Lipinski definition) is 1. The molecule has 1 aliphatic rings. The summed E-state index contributed by atoms with van der Waals surface area (Å²) in [6.45, 7) is 0.792. The number of halogens is 1. The van der Waals surface area contributed by atoms with Crippen molar-refractivity contribution in [2.45, 2.75) is 12.8 Å². The monoisotopic (exact) mass is 313 g/mol. The SMILES string of the molecule is COc1ccc(Br)c(OCC(=O)NCC2CC2)c1. The van der Waals surface area contributed by atoms with Crippen LogP contribution in [0.15, 0.2) is 22.7 Å². The number of ether oxygens (including phenoxy) is 2. The Balaban J connectivity index is 1.82. The molecule has 4 nitrogen and oxygen atoms in total. The van der Waals surface area contributed by atoms with Gasteiger partial charge in [-0.05, 0) is 46.8 Å². The van der Waals surface area contributed by atoms with Gasteiger partial charge in [0.2, 0.25) is 0 Å². The molecule has 0 aromatic heterocycles. The Bertz CT molecular complexity index is 432. The summed E-state index contributed by atoms with van der Waals surface area (Å²) < 4.78 is 11.4. The van der Waals surface area contributed by atoms with Gasteiger partial charge >= 0.3 is 0 Å². The minimum absolute atomic E-state index is 0.0263. The number of carbonyl (C=O) groups excluding carboxylic acids is 1. The molecule has 0 unspecified atom stereocenters. The second kappa shape index (κ2) is 6.09. The molecule has 0 aliphatic heterocycles. The van der Waals surface area contributed by atoms with Crippen LogP contribution < -0.4 is 14.8 Å². The lowest BCUT2D eigenvalue weighted by Gasteiger charge is -2.10. The Morgan fingerprint density at radius 1 is 1.50 bits per heavy atom. The second-order valence-electron chi connectivity index (χ2n) is 4.33. The van der Waals surface area contributed by atoms with Gasteiger partial charge in [-0.2, -0.15) is 0 Å². The van der Waals surface area contributed by atoms with Gasteiger partial charge < -0.3 is 14.8 Å². The molecule has 0 radical (unpaired) electrons. The van der Waals surface area contributed by atoms with Crippen LogP contribution in [0.4, 0.5) is 0 Å². The first-order valence-corrected chi connectivity index (χ1v) is 6.71. The number of nitrogens with one attached hydrogen (secondary N) is 1. The number of amides is 1. The maximum atomic E-state index is 11.5. The van der Waals surface area contributed by atoms with Gasteiger partial charge in [0.25, 0.3) is 5.91 Å². The van der Waals surface area contributed by atoms with Crippen molar-refractivity contribution in [1.82, 2.24) is 5.32 Å². The van der Waals surface area contributed by atoms with E-state index < -0.39 is 0 Å². The molecule has 1 aromatic rings. The summed E-state index contributed by atoms with van der Waals surface area (Å²) in [4.78, 5) is 11.5. The third-order valence-corrected chi connectivity index (χ3v) is 3.44. The van der Waals surface area contributed by atoms with Crippen molar-refractivity contribution in [1.29, 1.82) is 0 Å². The van der Waals surface area contributed by atoms with Crippen LogP contribution in [0.3, 0.4) is 0 Å². The van der Waals surface area contributed by atoms with E-state index in [0.29, 0.717) is 17.4 Å². The number of methoxy groups -OCH3 is 1. The van der Waals surface area contributed by atoms with Crippen molar-refractivity contribution in [3.63, 3.8) is 0 Å². The topological polar surface area (TPSA) is 47.6 Å². The third kappa shape index (κ3) is 3.91. The predicted octanol–water partition coefficient (Wildman–Crippen LogP) is 2.36. The predicted molar refractivity (Wildman–Crippen MR) is 71.9 cm³/mol. The normalized spacial score (nSPS) is 14.1. The minimum atomic E-state index is -0.0865. The maximum absolute atomic E-state index is 11.5. The highest BCUT2D eigenvalue weighted by Crippen LogP contribution is 2.29. The van der Waals surface area contributed by atoms with Gasteiger partial charge in [-0.15, -0.1) is 0 Å². The molecule has 98 valence electrons. The highest BCUT2D eigenvalue weighted by molar-refractivity contribution is 9.10. The van der Waals surface area contributed by atoms with E-state index in [0.717, 1.165) is 11.0 Å². The molecular weight excluding hydrogens is 298 g/mol. The van der Waals surface area contributed by atoms with Gasteiger partial charge in [-0.1, -0.05) is 0 Å². The third-order valence-electron chi connectivity index (χ3n) is 2.78. The average Bonchev–Trinajstić information content (AvgIpc) is 3.19. The van der Waals surface area contributed by atoms with E-state index in [4.69, 9.17) is 9.47 Å². The van der Waals surface area contributed by atoms with Crippen molar-refractivity contribution in [3.05, 3.63) is 22.7 Å². The van der Waals surface area contributed by atoms with E-state index >= 15 is 0 Å². The molecule has 1 N–H and O–H groups in total. The zero-order valence-electron chi connectivity index (χ0n) is 10.2. The van der Waals surface area contributed by atoms with Gasteiger partial charge in [-0.25, -0.2) is 0 Å². The van der Waals surface area contributed by atoms with E-state index in [1.165, 1.54) is 12.8 Å². The highest BCUT2D eigenvalue weighted by atomic mass is 79.9. The van der Waals surface area contributed by atoms with Crippen LogP contribution in [0.25, 0.3) is 0 Å². The Hall–Kier alpha value is -1.23. The molecule has 0 atom stereocenters. The van der Waals surface area contributed by atoms with Gasteiger partial charge in [0, 0.05) is 12.6 Å². The van der Waals surface area contributed by atoms with Gasteiger partial charge in [0.1, 0.15) is 11.5 Å². The maximum Gasteiger partial charge on any atom is 0.257 e. The molecule has 0 bridgehead atoms. The lowest BCUT2D eigenvalue weighted by Crippen LogP contribution is -2.30. The van der Waals surface area contributed by atoms with Crippen molar-refractivity contribution in [3.8, 4) is 11.5 Å². The molecule has 1 aliphatic carbocycles. The largest absolute Gasteiger partial charge is 0.497 e. The molecule has 0 heterocycles. The molecule has 5 heteroatoms. The van der Waals surface area contributed by atoms with Crippen LogP contribution in [-0.2, 0) is 4.79 Å². The van der Waals surface area contributed by atoms with Crippen molar-refractivity contribution in [2.24, 2.45) is 5.92 Å². The smallest absolute Gasteiger partial charge is 0.257 e. The molecule has 0 spiro atoms. The van der Waals surface area contributed by atoms with Crippen molar-refractivity contribution in [2.75, 3.05) is 20.3 Å². The van der Waals surface area contributed by atoms with Crippen LogP contribution >= 0.6 is 15.9 Å². The Kier molecular flexibility index (Phi) is 4.47. The molecule has 1 aromatic carbocycles. The first kappa shape index (κ1) is 13.2. The van der Waals surface area contributed by atoms with E-state index in [9.17, 15) is 4.79 Å². The summed E-state index contributed by atoms with van der Waals surface area (Å²) in [7, 11) is 1.59. The van der Waals surface area contributed by atoms with E-state index in [2.05, 4.69) is 21.2 Å². The quantitative estimate of drug-likeness (QED) is 0.877. The summed E-state index contributed by atoms with van der Waals surface area (Å²) in [5.74, 6) is 1.90. The Morgan fingerprint density at radius 2 is 2.28 bits per heavy atom. The zero-order valence-corrected chi connectivity index (χ0v) is 11.8. The van der Waals surface area contributed by atoms with Gasteiger partial charge in [0.15, 0.2) is 6.61 Å². The second-order valence-corrected chi connectivity index (χ2v) is 5.19. The van der Waals surface area contributed by atoms with E-state index in [1.807, 2.05) is 12.1 Å². The summed E-state index contributed by atoms with van der Waals surface area (Å²) in [6, 6.07) is 5.40. The van der Waals surface area contributed by atoms with Gasteiger partial charge in [-0.3, -0.25) is 4.79 Å². The van der Waals surface area contributed by atoms with Crippen LogP contribution in [0.2, 0.25) is 0 Å². The average molecular weight is 314 g/mol. The summed E-state index contributed by atoms with van der Waals surface area (Å²) in [5, 5.41) is 2.85. The zero-order chi connectivity index (χ0) is 13.0. The van der Waals surface area contributed by atoms with Crippen molar-refractivity contribution >= 4 is 21.8 Å². The van der Waals surface area contributed by atoms with Crippen LogP contribution in [0, 0.1) is 5.92 Å². The number of hydrogen-bond acceptors (Lipinski definition) is 3. The van der Waals surface area contributed by atoms with Crippen molar-refractivity contribution < 1.29 is 14.3 Å². The van der Waals surface area contributed by atoms with Crippen LogP contribution in [0.1, 0.15) is 12.8 Å². The number of benzene rings is 1. The fourth-order valence-electron chi connectivity index (χ4n) is 1.50. The lowest BCUT2D eigenvalue weighted by atomic mass is 10.3. The summed E-state index contributed by atoms with van der Waals surface area (Å²) in [5.41, 5.74) is 0. The lowest BCUT2D eigenvalue weighted by molar-refractivity contribution is -0.123. The molecule has 1 fully saturated rings. The van der Waals surface area contributed by atoms with Gasteiger partial charge in [0.05, 0.1) is 11.6 Å².